The summed E-state index contributed by atoms with van der Waals surface area (Å²) in [5.41, 5.74) is 6.31. The van der Waals surface area contributed by atoms with Crippen molar-refractivity contribution in [1.29, 1.82) is 0 Å². The molecule has 0 unspecified atom stereocenters. The highest BCUT2D eigenvalue weighted by molar-refractivity contribution is 5.47. The summed E-state index contributed by atoms with van der Waals surface area (Å²) < 4.78 is 13.0. The largest absolute Gasteiger partial charge is 0.330 e. The normalized spacial score (nSPS) is 9.62. The van der Waals surface area contributed by atoms with E-state index >= 15 is 0 Å². The number of aryl methyl sites for hydroxylation is 1. The van der Waals surface area contributed by atoms with Gasteiger partial charge in [-0.25, -0.2) is 9.24 Å². The minimum atomic E-state index is -0.440. The van der Waals surface area contributed by atoms with Gasteiger partial charge in [-0.2, -0.15) is 0 Å². The van der Waals surface area contributed by atoms with Crippen LogP contribution in [-0.2, 0) is 6.42 Å². The summed E-state index contributed by atoms with van der Waals surface area (Å²) in [5.74, 6) is -0.440. The minimum absolute atomic E-state index is 0.0801. The smallest absolute Gasteiger partial charge is 0.222 e. The maximum Gasteiger partial charge on any atom is 0.222 e. The maximum absolute atomic E-state index is 13.0. The van der Waals surface area contributed by atoms with Crippen molar-refractivity contribution in [3.8, 4) is 0 Å². The molecule has 0 saturated carbocycles. The fourth-order valence-corrected chi connectivity index (χ4v) is 1.10. The highest BCUT2D eigenvalue weighted by Crippen LogP contribution is 2.19. The van der Waals surface area contributed by atoms with E-state index in [0.29, 0.717) is 6.54 Å². The Morgan fingerprint density at radius 1 is 1.46 bits per heavy atom. The van der Waals surface area contributed by atoms with E-state index in [1.807, 2.05) is 0 Å². The highest BCUT2D eigenvalue weighted by Gasteiger charge is 2.01. The van der Waals surface area contributed by atoms with Gasteiger partial charge in [-0.1, -0.05) is 12.1 Å². The van der Waals surface area contributed by atoms with Crippen LogP contribution >= 0.6 is 0 Å². The number of nitrogens with zero attached hydrogens (tertiary/aromatic N) is 1. The predicted octanol–water partition coefficient (Wildman–Crippen LogP) is 2.27. The van der Waals surface area contributed by atoms with Crippen LogP contribution < -0.4 is 5.73 Å². The first-order chi connectivity index (χ1) is 6.27. The Kier molecular flexibility index (Phi) is 3.41. The first kappa shape index (κ1) is 9.69. The summed E-state index contributed by atoms with van der Waals surface area (Å²) in [6.45, 7) is 7.26. The maximum atomic E-state index is 13.0. The summed E-state index contributed by atoms with van der Waals surface area (Å²) in [4.78, 5) is 3.04. The monoisotopic (exact) mass is 178 g/mol. The van der Waals surface area contributed by atoms with Gasteiger partial charge < -0.3 is 5.73 Å². The van der Waals surface area contributed by atoms with Gasteiger partial charge in [-0.3, -0.25) is 0 Å². The average Bonchev–Trinajstić information content (AvgIpc) is 2.15. The zero-order chi connectivity index (χ0) is 9.68. The Hall–Kier alpha value is -1.40. The first-order valence-corrected chi connectivity index (χ1v) is 4.14. The molecule has 0 aliphatic carbocycles. The average molecular weight is 178 g/mol. The molecule has 0 amide bonds. The van der Waals surface area contributed by atoms with Crippen LogP contribution in [0.2, 0.25) is 0 Å². The molecule has 0 saturated heterocycles. The molecule has 3 heteroatoms. The van der Waals surface area contributed by atoms with Crippen molar-refractivity contribution >= 4 is 5.69 Å². The molecular weight excluding hydrogens is 167 g/mol. The van der Waals surface area contributed by atoms with Crippen molar-refractivity contribution in [3.05, 3.63) is 41.0 Å². The Balaban J connectivity index is 2.79. The van der Waals surface area contributed by atoms with Gasteiger partial charge in [-0.15, -0.1) is 0 Å². The molecule has 0 atom stereocenters. The molecule has 13 heavy (non-hydrogen) atoms. The quantitative estimate of drug-likeness (QED) is 0.707. The lowest BCUT2D eigenvalue weighted by atomic mass is 10.1. The van der Waals surface area contributed by atoms with Crippen molar-refractivity contribution < 1.29 is 4.39 Å². The number of rotatable bonds is 3. The molecule has 0 radical (unpaired) electrons. The Morgan fingerprint density at radius 2 is 2.23 bits per heavy atom. The SMILES string of the molecule is [C-]#[N+]c1ccc(CCCN)cc1F. The number of hydrogen-bond acceptors (Lipinski definition) is 1. The molecule has 0 aliphatic rings. The molecule has 0 bridgehead atoms. The van der Waals surface area contributed by atoms with Gasteiger partial charge >= 0.3 is 0 Å². The van der Waals surface area contributed by atoms with E-state index in [4.69, 9.17) is 12.3 Å². The summed E-state index contributed by atoms with van der Waals surface area (Å²) in [7, 11) is 0. The molecule has 0 heterocycles. The molecule has 68 valence electrons. The van der Waals surface area contributed by atoms with E-state index in [1.165, 1.54) is 12.1 Å². The fraction of sp³-hybridized carbons (Fsp3) is 0.300. The van der Waals surface area contributed by atoms with Gasteiger partial charge in [0.2, 0.25) is 5.69 Å². The number of halogens is 1. The number of hydrogen-bond donors (Lipinski definition) is 1. The molecule has 0 aliphatic heterocycles. The van der Waals surface area contributed by atoms with Crippen molar-refractivity contribution in [3.63, 3.8) is 0 Å². The van der Waals surface area contributed by atoms with Crippen LogP contribution in [0.4, 0.5) is 10.1 Å². The third kappa shape index (κ3) is 2.53. The van der Waals surface area contributed by atoms with Crippen molar-refractivity contribution in [2.24, 2.45) is 5.73 Å². The van der Waals surface area contributed by atoms with E-state index < -0.39 is 5.82 Å². The van der Waals surface area contributed by atoms with Crippen LogP contribution in [0.3, 0.4) is 0 Å². The molecule has 2 nitrogen and oxygen atoms in total. The number of nitrogens with two attached hydrogens (primary N) is 1. The molecule has 0 aromatic heterocycles. The zero-order valence-electron chi connectivity index (χ0n) is 7.26. The van der Waals surface area contributed by atoms with Gasteiger partial charge in [0, 0.05) is 0 Å². The van der Waals surface area contributed by atoms with Crippen LogP contribution in [0.5, 0.6) is 0 Å². The lowest BCUT2D eigenvalue weighted by Crippen LogP contribution is -2.00. The van der Waals surface area contributed by atoms with Crippen LogP contribution in [0.1, 0.15) is 12.0 Å². The van der Waals surface area contributed by atoms with Crippen LogP contribution in [0.25, 0.3) is 4.85 Å². The lowest BCUT2D eigenvalue weighted by molar-refractivity contribution is 0.630. The summed E-state index contributed by atoms with van der Waals surface area (Å²) in [6.07, 6.45) is 1.61. The zero-order valence-corrected chi connectivity index (χ0v) is 7.26. The van der Waals surface area contributed by atoms with Crippen molar-refractivity contribution in [1.82, 2.24) is 0 Å². The van der Waals surface area contributed by atoms with Gasteiger partial charge in [0.1, 0.15) is 5.82 Å². The van der Waals surface area contributed by atoms with Crippen LogP contribution in [0, 0.1) is 12.4 Å². The summed E-state index contributed by atoms with van der Waals surface area (Å²) in [6, 6.07) is 4.68. The molecule has 2 N–H and O–H groups in total. The second kappa shape index (κ2) is 4.58. The van der Waals surface area contributed by atoms with Gasteiger partial charge in [-0.05, 0) is 31.0 Å². The predicted molar refractivity (Wildman–Crippen MR) is 50.0 cm³/mol. The van der Waals surface area contributed by atoms with E-state index in [-0.39, 0.29) is 5.69 Å². The fourth-order valence-electron chi connectivity index (χ4n) is 1.10. The molecule has 0 spiro atoms. The highest BCUT2D eigenvalue weighted by atomic mass is 19.1. The standard InChI is InChI=1S/C10H11FN2/c1-13-10-5-4-8(3-2-6-12)7-9(10)11/h4-5,7H,2-3,6,12H2. The Morgan fingerprint density at radius 3 is 2.77 bits per heavy atom. The van der Waals surface area contributed by atoms with Crippen molar-refractivity contribution in [2.75, 3.05) is 6.54 Å². The molecule has 1 aromatic carbocycles. The summed E-state index contributed by atoms with van der Waals surface area (Å²) in [5, 5.41) is 0. The molecule has 1 rings (SSSR count). The lowest BCUT2D eigenvalue weighted by Gasteiger charge is -2.00. The van der Waals surface area contributed by atoms with E-state index in [1.54, 1.807) is 6.07 Å². The van der Waals surface area contributed by atoms with Crippen molar-refractivity contribution in [2.45, 2.75) is 12.8 Å². The topological polar surface area (TPSA) is 30.4 Å². The number of benzene rings is 1. The molecule has 1 aromatic rings. The third-order valence-corrected chi connectivity index (χ3v) is 1.80. The third-order valence-electron chi connectivity index (χ3n) is 1.80. The first-order valence-electron chi connectivity index (χ1n) is 4.14. The van der Waals surface area contributed by atoms with Crippen LogP contribution in [-0.4, -0.2) is 6.54 Å². The van der Waals surface area contributed by atoms with Gasteiger partial charge in [0.15, 0.2) is 0 Å². The minimum Gasteiger partial charge on any atom is -0.330 e. The summed E-state index contributed by atoms with van der Waals surface area (Å²) >= 11 is 0. The Labute approximate surface area is 77.0 Å². The van der Waals surface area contributed by atoms with Gasteiger partial charge in [0.05, 0.1) is 6.57 Å². The van der Waals surface area contributed by atoms with E-state index in [0.717, 1.165) is 18.4 Å². The Bertz CT molecular complexity index is 328. The second-order valence-electron chi connectivity index (χ2n) is 2.79. The second-order valence-corrected chi connectivity index (χ2v) is 2.79. The van der Waals surface area contributed by atoms with E-state index in [2.05, 4.69) is 4.85 Å². The van der Waals surface area contributed by atoms with E-state index in [9.17, 15) is 4.39 Å². The van der Waals surface area contributed by atoms with Crippen LogP contribution in [0.15, 0.2) is 18.2 Å². The molecular formula is C10H11FN2. The molecule has 0 fully saturated rings. The van der Waals surface area contributed by atoms with Gasteiger partial charge in [0.25, 0.3) is 0 Å².